The predicted octanol–water partition coefficient (Wildman–Crippen LogP) is 1.90. The summed E-state index contributed by atoms with van der Waals surface area (Å²) in [4.78, 5) is 22.7. The Balaban J connectivity index is 2.86. The van der Waals surface area contributed by atoms with Crippen LogP contribution < -0.4 is 5.32 Å². The van der Waals surface area contributed by atoms with Gasteiger partial charge in [-0.25, -0.2) is 4.79 Å². The number of rotatable bonds is 4. The number of hydrogen-bond donors (Lipinski definition) is 2. The van der Waals surface area contributed by atoms with Gasteiger partial charge in [0.2, 0.25) is 0 Å². The number of hydrogen-bond acceptors (Lipinski definition) is 2. The summed E-state index contributed by atoms with van der Waals surface area (Å²) in [5.74, 6) is -1.35. The molecule has 1 unspecified atom stereocenters. The minimum atomic E-state index is -1.01. The van der Waals surface area contributed by atoms with Gasteiger partial charge in [0.05, 0.1) is 0 Å². The van der Waals surface area contributed by atoms with Crippen molar-refractivity contribution in [3.8, 4) is 0 Å². The molecular weight excluding hydrogens is 218 g/mol. The summed E-state index contributed by atoms with van der Waals surface area (Å²) in [6, 6.07) is 4.63. The van der Waals surface area contributed by atoms with Crippen LogP contribution in [0.2, 0.25) is 0 Å². The number of aliphatic carboxylic acids is 1. The van der Waals surface area contributed by atoms with Crippen LogP contribution in [0, 0.1) is 13.8 Å². The maximum Gasteiger partial charge on any atom is 0.326 e. The highest BCUT2D eigenvalue weighted by atomic mass is 16.4. The maximum atomic E-state index is 11.8. The summed E-state index contributed by atoms with van der Waals surface area (Å²) in [6.07, 6.45) is 0.367. The van der Waals surface area contributed by atoms with Crippen molar-refractivity contribution in [3.05, 3.63) is 34.9 Å². The smallest absolute Gasteiger partial charge is 0.326 e. The maximum absolute atomic E-state index is 11.8. The fourth-order valence-corrected chi connectivity index (χ4v) is 1.69. The molecule has 1 amide bonds. The Labute approximate surface area is 101 Å². The normalized spacial score (nSPS) is 11.9. The number of amides is 1. The van der Waals surface area contributed by atoms with Crippen LogP contribution in [0.4, 0.5) is 0 Å². The topological polar surface area (TPSA) is 66.4 Å². The fourth-order valence-electron chi connectivity index (χ4n) is 1.69. The molecule has 0 heterocycles. The van der Waals surface area contributed by atoms with Crippen LogP contribution >= 0.6 is 0 Å². The van der Waals surface area contributed by atoms with E-state index in [9.17, 15) is 9.59 Å². The summed E-state index contributed by atoms with van der Waals surface area (Å²) in [5.41, 5.74) is 2.47. The second-order valence-electron chi connectivity index (χ2n) is 4.15. The third kappa shape index (κ3) is 3.59. The Morgan fingerprint density at radius 2 is 1.76 bits per heavy atom. The van der Waals surface area contributed by atoms with E-state index >= 15 is 0 Å². The molecule has 0 bridgehead atoms. The highest BCUT2D eigenvalue weighted by Crippen LogP contribution is 2.09. The van der Waals surface area contributed by atoms with Gasteiger partial charge < -0.3 is 10.4 Å². The number of nitrogens with one attached hydrogen (secondary N) is 1. The third-order valence-electron chi connectivity index (χ3n) is 2.50. The van der Waals surface area contributed by atoms with E-state index in [1.54, 1.807) is 19.1 Å². The Bertz CT molecular complexity index is 420. The molecule has 0 aliphatic carbocycles. The molecule has 0 saturated heterocycles. The van der Waals surface area contributed by atoms with Gasteiger partial charge in [-0.15, -0.1) is 0 Å². The highest BCUT2D eigenvalue weighted by Gasteiger charge is 2.18. The molecule has 2 N–H and O–H groups in total. The number of carbonyl (C=O) groups is 2. The van der Waals surface area contributed by atoms with Gasteiger partial charge in [0, 0.05) is 5.56 Å². The molecule has 0 aliphatic rings. The molecule has 0 radical (unpaired) electrons. The Morgan fingerprint density at radius 1 is 1.24 bits per heavy atom. The predicted molar refractivity (Wildman–Crippen MR) is 65.1 cm³/mol. The molecular formula is C13H17NO3. The minimum Gasteiger partial charge on any atom is -0.480 e. The Hall–Kier alpha value is -1.84. The lowest BCUT2D eigenvalue weighted by molar-refractivity contribution is -0.139. The standard InChI is InChI=1S/C13H17NO3/c1-4-11(13(16)17)14-12(15)10-6-8(2)5-9(3)7-10/h5-7,11H,4H2,1-3H3,(H,14,15)(H,16,17). The van der Waals surface area contributed by atoms with E-state index in [2.05, 4.69) is 5.32 Å². The van der Waals surface area contributed by atoms with E-state index in [1.165, 1.54) is 0 Å². The van der Waals surface area contributed by atoms with Gasteiger partial charge in [0.15, 0.2) is 0 Å². The van der Waals surface area contributed by atoms with E-state index < -0.39 is 12.0 Å². The molecule has 1 rings (SSSR count). The highest BCUT2D eigenvalue weighted by molar-refractivity contribution is 5.96. The number of carboxylic acids is 1. The van der Waals surface area contributed by atoms with Crippen LogP contribution in [-0.4, -0.2) is 23.0 Å². The zero-order chi connectivity index (χ0) is 13.0. The average Bonchev–Trinajstić information content (AvgIpc) is 2.23. The minimum absolute atomic E-state index is 0.342. The largest absolute Gasteiger partial charge is 0.480 e. The van der Waals surface area contributed by atoms with Gasteiger partial charge in [0.25, 0.3) is 5.91 Å². The first-order valence-electron chi connectivity index (χ1n) is 5.56. The van der Waals surface area contributed by atoms with E-state index in [0.29, 0.717) is 12.0 Å². The second-order valence-corrected chi connectivity index (χ2v) is 4.15. The molecule has 92 valence electrons. The monoisotopic (exact) mass is 235 g/mol. The SMILES string of the molecule is CCC(NC(=O)c1cc(C)cc(C)c1)C(=O)O. The molecule has 0 fully saturated rings. The van der Waals surface area contributed by atoms with Crippen LogP contribution in [0.3, 0.4) is 0 Å². The van der Waals surface area contributed by atoms with Crippen molar-refractivity contribution < 1.29 is 14.7 Å². The quantitative estimate of drug-likeness (QED) is 0.837. The van der Waals surface area contributed by atoms with Gasteiger partial charge in [0.1, 0.15) is 6.04 Å². The molecule has 1 aromatic rings. The van der Waals surface area contributed by atoms with Crippen LogP contribution in [0.5, 0.6) is 0 Å². The van der Waals surface area contributed by atoms with E-state index in [0.717, 1.165) is 11.1 Å². The number of aryl methyl sites for hydroxylation is 2. The van der Waals surface area contributed by atoms with Gasteiger partial charge in [-0.1, -0.05) is 24.1 Å². The van der Waals surface area contributed by atoms with Crippen LogP contribution in [0.25, 0.3) is 0 Å². The van der Waals surface area contributed by atoms with E-state index in [4.69, 9.17) is 5.11 Å². The molecule has 0 spiro atoms. The first-order chi connectivity index (χ1) is 7.93. The van der Waals surface area contributed by atoms with Crippen molar-refractivity contribution >= 4 is 11.9 Å². The van der Waals surface area contributed by atoms with Crippen LogP contribution in [0.1, 0.15) is 34.8 Å². The number of benzene rings is 1. The molecule has 4 nitrogen and oxygen atoms in total. The Morgan fingerprint density at radius 3 is 2.18 bits per heavy atom. The fraction of sp³-hybridized carbons (Fsp3) is 0.385. The van der Waals surface area contributed by atoms with Crippen molar-refractivity contribution in [2.75, 3.05) is 0 Å². The summed E-state index contributed by atoms with van der Waals surface area (Å²) in [5, 5.41) is 11.4. The van der Waals surface area contributed by atoms with Crippen molar-refractivity contribution in [2.24, 2.45) is 0 Å². The van der Waals surface area contributed by atoms with Crippen molar-refractivity contribution in [3.63, 3.8) is 0 Å². The summed E-state index contributed by atoms with van der Waals surface area (Å²) in [6.45, 7) is 5.52. The van der Waals surface area contributed by atoms with E-state index in [-0.39, 0.29) is 5.91 Å². The summed E-state index contributed by atoms with van der Waals surface area (Å²) in [7, 11) is 0. The summed E-state index contributed by atoms with van der Waals surface area (Å²) >= 11 is 0. The van der Waals surface area contributed by atoms with Crippen molar-refractivity contribution in [2.45, 2.75) is 33.2 Å². The van der Waals surface area contributed by atoms with Gasteiger partial charge >= 0.3 is 5.97 Å². The Kier molecular flexibility index (Phi) is 4.26. The first-order valence-corrected chi connectivity index (χ1v) is 5.56. The van der Waals surface area contributed by atoms with Gasteiger partial charge in [-0.2, -0.15) is 0 Å². The lowest BCUT2D eigenvalue weighted by atomic mass is 10.1. The average molecular weight is 235 g/mol. The zero-order valence-corrected chi connectivity index (χ0v) is 10.3. The van der Waals surface area contributed by atoms with Crippen LogP contribution in [-0.2, 0) is 4.79 Å². The van der Waals surface area contributed by atoms with Crippen molar-refractivity contribution in [1.82, 2.24) is 5.32 Å². The lowest BCUT2D eigenvalue weighted by Crippen LogP contribution is -2.40. The molecule has 1 atom stereocenters. The van der Waals surface area contributed by atoms with Gasteiger partial charge in [-0.05, 0) is 32.4 Å². The molecule has 4 heteroatoms. The molecule has 1 aromatic carbocycles. The third-order valence-corrected chi connectivity index (χ3v) is 2.50. The van der Waals surface area contributed by atoms with E-state index in [1.807, 2.05) is 19.9 Å². The van der Waals surface area contributed by atoms with Crippen molar-refractivity contribution in [1.29, 1.82) is 0 Å². The van der Waals surface area contributed by atoms with Crippen LogP contribution in [0.15, 0.2) is 18.2 Å². The van der Waals surface area contributed by atoms with Gasteiger partial charge in [-0.3, -0.25) is 4.79 Å². The lowest BCUT2D eigenvalue weighted by Gasteiger charge is -2.12. The first kappa shape index (κ1) is 13.2. The number of carbonyl (C=O) groups excluding carboxylic acids is 1. The molecule has 17 heavy (non-hydrogen) atoms. The zero-order valence-electron chi connectivity index (χ0n) is 10.3. The second kappa shape index (κ2) is 5.48. The molecule has 0 saturated carbocycles. The number of carboxylic acid groups (broad SMARTS) is 1. The molecule has 0 aromatic heterocycles. The molecule has 0 aliphatic heterocycles. The summed E-state index contributed by atoms with van der Waals surface area (Å²) < 4.78 is 0.